The van der Waals surface area contributed by atoms with Crippen LogP contribution in [0.15, 0.2) is 18.2 Å². The van der Waals surface area contributed by atoms with Crippen molar-refractivity contribution in [2.75, 3.05) is 13.7 Å². The molecule has 1 aromatic heterocycles. The van der Waals surface area contributed by atoms with Crippen LogP contribution in [0.1, 0.15) is 24.1 Å². The van der Waals surface area contributed by atoms with E-state index in [9.17, 15) is 5.11 Å². The smallest absolute Gasteiger partial charge is 0.128 e. The molecule has 96 valence electrons. The van der Waals surface area contributed by atoms with Crippen molar-refractivity contribution in [1.82, 2.24) is 4.57 Å². The van der Waals surface area contributed by atoms with Gasteiger partial charge in [-0.25, -0.2) is 0 Å². The number of nitrogens with zero attached hydrogens (tertiary/aromatic N) is 1. The van der Waals surface area contributed by atoms with Gasteiger partial charge < -0.3 is 14.4 Å². The molecule has 1 N–H and O–H groups in total. The van der Waals surface area contributed by atoms with Crippen LogP contribution in [0.3, 0.4) is 0 Å². The second kappa shape index (κ2) is 4.65. The van der Waals surface area contributed by atoms with E-state index in [-0.39, 0.29) is 6.61 Å². The third kappa shape index (κ3) is 1.62. The Morgan fingerprint density at radius 1 is 1.28 bits per heavy atom. The SMILES string of the molecule is COc1cccc2c1c1c(n2CCO)CCCC1. The summed E-state index contributed by atoms with van der Waals surface area (Å²) in [5.74, 6) is 0.960. The number of fused-ring (bicyclic) bond motifs is 3. The molecule has 1 aromatic carbocycles. The maximum atomic E-state index is 9.27. The predicted octanol–water partition coefficient (Wildman–Crippen LogP) is 2.52. The van der Waals surface area contributed by atoms with Crippen molar-refractivity contribution in [3.63, 3.8) is 0 Å². The standard InChI is InChI=1S/C15H19NO2/c1-18-14-8-4-7-13-15(14)11-5-2-3-6-12(11)16(13)9-10-17/h4,7-8,17H,2-3,5-6,9-10H2,1H3. The van der Waals surface area contributed by atoms with Crippen LogP contribution < -0.4 is 4.74 Å². The molecular formula is C15H19NO2. The first-order valence-electron chi connectivity index (χ1n) is 6.64. The molecule has 0 fully saturated rings. The third-order valence-corrected chi connectivity index (χ3v) is 3.90. The second-order valence-electron chi connectivity index (χ2n) is 4.86. The zero-order valence-corrected chi connectivity index (χ0v) is 10.8. The summed E-state index contributed by atoms with van der Waals surface area (Å²) in [6.45, 7) is 0.867. The van der Waals surface area contributed by atoms with Gasteiger partial charge >= 0.3 is 0 Å². The van der Waals surface area contributed by atoms with Gasteiger partial charge in [0, 0.05) is 17.6 Å². The molecule has 0 bridgehead atoms. The summed E-state index contributed by atoms with van der Waals surface area (Å²) < 4.78 is 7.78. The molecule has 3 heteroatoms. The van der Waals surface area contributed by atoms with Crippen LogP contribution in [0.25, 0.3) is 10.9 Å². The molecule has 1 aliphatic rings. The maximum Gasteiger partial charge on any atom is 0.128 e. The van der Waals surface area contributed by atoms with E-state index in [4.69, 9.17) is 4.74 Å². The van der Waals surface area contributed by atoms with Gasteiger partial charge in [-0.2, -0.15) is 0 Å². The van der Waals surface area contributed by atoms with Gasteiger partial charge in [0.05, 0.1) is 19.2 Å². The number of aliphatic hydroxyl groups is 1. The first kappa shape index (κ1) is 11.6. The van der Waals surface area contributed by atoms with Gasteiger partial charge in [-0.15, -0.1) is 0 Å². The van der Waals surface area contributed by atoms with E-state index in [1.807, 2.05) is 12.1 Å². The molecule has 0 saturated carbocycles. The van der Waals surface area contributed by atoms with Crippen molar-refractivity contribution in [2.45, 2.75) is 32.2 Å². The van der Waals surface area contributed by atoms with Gasteiger partial charge in [-0.1, -0.05) is 6.07 Å². The molecule has 1 aliphatic carbocycles. The largest absolute Gasteiger partial charge is 0.496 e. The summed E-state index contributed by atoms with van der Waals surface area (Å²) in [7, 11) is 1.73. The zero-order valence-electron chi connectivity index (χ0n) is 10.8. The number of hydrogen-bond donors (Lipinski definition) is 1. The number of rotatable bonds is 3. The number of hydrogen-bond acceptors (Lipinski definition) is 2. The topological polar surface area (TPSA) is 34.4 Å². The van der Waals surface area contributed by atoms with Crippen molar-refractivity contribution in [2.24, 2.45) is 0 Å². The lowest BCUT2D eigenvalue weighted by Gasteiger charge is -2.15. The summed E-state index contributed by atoms with van der Waals surface area (Å²) in [5.41, 5.74) is 4.03. The molecule has 0 saturated heterocycles. The summed E-state index contributed by atoms with van der Waals surface area (Å²) in [4.78, 5) is 0. The Kier molecular flexibility index (Phi) is 3.00. The number of methoxy groups -OCH3 is 1. The lowest BCUT2D eigenvalue weighted by molar-refractivity contribution is 0.276. The van der Waals surface area contributed by atoms with Gasteiger partial charge in [0.2, 0.25) is 0 Å². The zero-order chi connectivity index (χ0) is 12.5. The molecule has 18 heavy (non-hydrogen) atoms. The highest BCUT2D eigenvalue weighted by Gasteiger charge is 2.21. The predicted molar refractivity (Wildman–Crippen MR) is 72.2 cm³/mol. The van der Waals surface area contributed by atoms with E-state index >= 15 is 0 Å². The molecular weight excluding hydrogens is 226 g/mol. The van der Waals surface area contributed by atoms with Gasteiger partial charge in [0.25, 0.3) is 0 Å². The number of aryl methyl sites for hydroxylation is 1. The lowest BCUT2D eigenvalue weighted by Crippen LogP contribution is -2.10. The Morgan fingerprint density at radius 3 is 2.89 bits per heavy atom. The van der Waals surface area contributed by atoms with E-state index in [2.05, 4.69) is 10.6 Å². The second-order valence-corrected chi connectivity index (χ2v) is 4.86. The molecule has 3 rings (SSSR count). The first-order valence-corrected chi connectivity index (χ1v) is 6.64. The Bertz CT molecular complexity index is 571. The van der Waals surface area contributed by atoms with Gasteiger partial charge in [0.15, 0.2) is 0 Å². The van der Waals surface area contributed by atoms with Crippen molar-refractivity contribution in [1.29, 1.82) is 0 Å². The summed E-state index contributed by atoms with van der Waals surface area (Å²) in [5, 5.41) is 10.5. The molecule has 0 aliphatic heterocycles. The maximum absolute atomic E-state index is 9.27. The van der Waals surface area contributed by atoms with Crippen molar-refractivity contribution in [3.05, 3.63) is 29.5 Å². The van der Waals surface area contributed by atoms with Crippen molar-refractivity contribution in [3.8, 4) is 5.75 Å². The summed E-state index contributed by atoms with van der Waals surface area (Å²) >= 11 is 0. The van der Waals surface area contributed by atoms with E-state index < -0.39 is 0 Å². The fraction of sp³-hybridized carbons (Fsp3) is 0.467. The molecule has 0 radical (unpaired) electrons. The van der Waals surface area contributed by atoms with E-state index in [1.165, 1.54) is 35.0 Å². The summed E-state index contributed by atoms with van der Waals surface area (Å²) in [6.07, 6.45) is 4.75. The van der Waals surface area contributed by atoms with Crippen LogP contribution in [-0.4, -0.2) is 23.4 Å². The number of aromatic nitrogens is 1. The fourth-order valence-corrected chi connectivity index (χ4v) is 3.18. The number of aliphatic hydroxyl groups excluding tert-OH is 1. The van der Waals surface area contributed by atoms with Crippen LogP contribution in [0.4, 0.5) is 0 Å². The minimum atomic E-state index is 0.188. The molecule has 0 amide bonds. The van der Waals surface area contributed by atoms with E-state index in [0.29, 0.717) is 6.54 Å². The van der Waals surface area contributed by atoms with Gasteiger partial charge in [-0.05, 0) is 43.4 Å². The van der Waals surface area contributed by atoms with E-state index in [1.54, 1.807) is 7.11 Å². The molecule has 3 nitrogen and oxygen atoms in total. The Morgan fingerprint density at radius 2 is 2.11 bits per heavy atom. The molecule has 2 aromatic rings. The molecule has 0 spiro atoms. The quantitative estimate of drug-likeness (QED) is 0.901. The number of benzene rings is 1. The Balaban J connectivity index is 2.32. The lowest BCUT2D eigenvalue weighted by atomic mass is 9.95. The van der Waals surface area contributed by atoms with Crippen LogP contribution in [0.2, 0.25) is 0 Å². The average Bonchev–Trinajstić information content (AvgIpc) is 2.74. The molecule has 0 atom stereocenters. The molecule has 1 heterocycles. The highest BCUT2D eigenvalue weighted by molar-refractivity contribution is 5.91. The van der Waals surface area contributed by atoms with Crippen molar-refractivity contribution >= 4 is 10.9 Å². The van der Waals surface area contributed by atoms with Crippen molar-refractivity contribution < 1.29 is 9.84 Å². The average molecular weight is 245 g/mol. The highest BCUT2D eigenvalue weighted by Crippen LogP contribution is 2.37. The van der Waals surface area contributed by atoms with E-state index in [0.717, 1.165) is 18.6 Å². The monoisotopic (exact) mass is 245 g/mol. The Hall–Kier alpha value is -1.48. The Labute approximate surface area is 107 Å². The minimum Gasteiger partial charge on any atom is -0.496 e. The molecule has 0 unspecified atom stereocenters. The van der Waals surface area contributed by atoms with Crippen LogP contribution >= 0.6 is 0 Å². The number of ether oxygens (including phenoxy) is 1. The first-order chi connectivity index (χ1) is 8.86. The highest BCUT2D eigenvalue weighted by atomic mass is 16.5. The third-order valence-electron chi connectivity index (χ3n) is 3.90. The van der Waals surface area contributed by atoms with Crippen LogP contribution in [0.5, 0.6) is 5.75 Å². The van der Waals surface area contributed by atoms with Gasteiger partial charge in [0.1, 0.15) is 5.75 Å². The van der Waals surface area contributed by atoms with Gasteiger partial charge in [-0.3, -0.25) is 0 Å². The summed E-state index contributed by atoms with van der Waals surface area (Å²) in [6, 6.07) is 6.19. The minimum absolute atomic E-state index is 0.188. The van der Waals surface area contributed by atoms with Crippen LogP contribution in [-0.2, 0) is 19.4 Å². The van der Waals surface area contributed by atoms with Crippen LogP contribution in [0, 0.1) is 0 Å². The normalized spacial score (nSPS) is 14.8. The fourth-order valence-electron chi connectivity index (χ4n) is 3.18.